The van der Waals surface area contributed by atoms with Crippen LogP contribution in [0.15, 0.2) is 55.0 Å². The molecule has 0 atom stereocenters. The van der Waals surface area contributed by atoms with Crippen molar-refractivity contribution in [2.24, 2.45) is 0 Å². The van der Waals surface area contributed by atoms with Crippen LogP contribution in [0.25, 0.3) is 5.69 Å². The summed E-state index contributed by atoms with van der Waals surface area (Å²) in [5.74, 6) is 0.0434. The molecule has 1 spiro atoms. The Kier molecular flexibility index (Phi) is 4.43. The lowest BCUT2D eigenvalue weighted by Crippen LogP contribution is -2.48. The van der Waals surface area contributed by atoms with E-state index in [2.05, 4.69) is 23.3 Å². The molecule has 4 heterocycles. The van der Waals surface area contributed by atoms with Gasteiger partial charge in [0.2, 0.25) is 0 Å². The maximum absolute atomic E-state index is 12.9. The van der Waals surface area contributed by atoms with Gasteiger partial charge in [0.05, 0.1) is 23.6 Å². The molecular weight excluding hydrogens is 364 g/mol. The Balaban J connectivity index is 1.38. The summed E-state index contributed by atoms with van der Waals surface area (Å²) >= 11 is 0. The van der Waals surface area contributed by atoms with E-state index >= 15 is 0 Å². The van der Waals surface area contributed by atoms with Gasteiger partial charge in [-0.15, -0.1) is 0 Å². The van der Waals surface area contributed by atoms with Crippen LogP contribution in [0.4, 0.5) is 0 Å². The number of nitrogens with zero attached hydrogens (tertiary/aromatic N) is 4. The van der Waals surface area contributed by atoms with Crippen LogP contribution >= 0.6 is 0 Å². The second kappa shape index (κ2) is 7.12. The molecule has 2 aromatic heterocycles. The molecule has 0 unspecified atom stereocenters. The van der Waals surface area contributed by atoms with E-state index in [0.717, 1.165) is 36.2 Å². The monoisotopic (exact) mass is 388 g/mol. The average Bonchev–Trinajstić information content (AvgIpc) is 3.21. The Labute approximate surface area is 170 Å². The third-order valence-corrected chi connectivity index (χ3v) is 5.97. The highest BCUT2D eigenvalue weighted by Crippen LogP contribution is 2.41. The van der Waals surface area contributed by atoms with Crippen LogP contribution in [0.2, 0.25) is 0 Å². The Hall–Kier alpha value is -2.99. The van der Waals surface area contributed by atoms with Gasteiger partial charge in [0.25, 0.3) is 5.91 Å². The Morgan fingerprint density at radius 3 is 2.69 bits per heavy atom. The second-order valence-corrected chi connectivity index (χ2v) is 7.92. The molecule has 0 radical (unpaired) electrons. The predicted molar refractivity (Wildman–Crippen MR) is 109 cm³/mol. The molecule has 0 aliphatic carbocycles. The van der Waals surface area contributed by atoms with Crippen LogP contribution in [-0.2, 0) is 16.8 Å². The van der Waals surface area contributed by atoms with Gasteiger partial charge >= 0.3 is 0 Å². The smallest absolute Gasteiger partial charge is 0.255 e. The van der Waals surface area contributed by atoms with Crippen LogP contribution in [0.3, 0.4) is 0 Å². The largest absolute Gasteiger partial charge is 0.368 e. The molecule has 0 bridgehead atoms. The van der Waals surface area contributed by atoms with Crippen molar-refractivity contribution >= 4 is 5.91 Å². The van der Waals surface area contributed by atoms with Crippen LogP contribution in [0, 0.1) is 6.92 Å². The normalized spacial score (nSPS) is 17.9. The third kappa shape index (κ3) is 3.23. The molecule has 6 nitrogen and oxygen atoms in total. The first-order chi connectivity index (χ1) is 14.1. The zero-order valence-electron chi connectivity index (χ0n) is 16.5. The number of carbonyl (C=O) groups is 1. The van der Waals surface area contributed by atoms with Gasteiger partial charge in [0, 0.05) is 31.7 Å². The lowest BCUT2D eigenvalue weighted by molar-refractivity contribution is -0.0963. The number of fused-ring (bicyclic) bond motifs is 2. The van der Waals surface area contributed by atoms with Gasteiger partial charge in [-0.1, -0.05) is 18.2 Å². The number of pyridine rings is 1. The van der Waals surface area contributed by atoms with Gasteiger partial charge in [-0.05, 0) is 55.5 Å². The standard InChI is InChI=1S/C23H24N4O2/c1-17-13-19(15-24-14-17)22(28)26-10-8-23(9-11-26)21-18(7-12-29-23)16-27(25-21)20-5-3-2-4-6-20/h2-6,13-16H,7-12H2,1H3. The molecule has 1 amide bonds. The first kappa shape index (κ1) is 18.1. The third-order valence-electron chi connectivity index (χ3n) is 5.97. The Morgan fingerprint density at radius 1 is 1.14 bits per heavy atom. The lowest BCUT2D eigenvalue weighted by atomic mass is 9.83. The van der Waals surface area contributed by atoms with Crippen LogP contribution in [0.1, 0.15) is 40.0 Å². The molecule has 1 saturated heterocycles. The van der Waals surface area contributed by atoms with E-state index in [1.807, 2.05) is 40.8 Å². The summed E-state index contributed by atoms with van der Waals surface area (Å²) in [5, 5.41) is 4.92. The van der Waals surface area contributed by atoms with E-state index in [9.17, 15) is 4.79 Å². The molecule has 0 saturated carbocycles. The van der Waals surface area contributed by atoms with Crippen molar-refractivity contribution in [1.82, 2.24) is 19.7 Å². The van der Waals surface area contributed by atoms with E-state index in [4.69, 9.17) is 9.84 Å². The van der Waals surface area contributed by atoms with Gasteiger partial charge in [-0.25, -0.2) is 4.68 Å². The van der Waals surface area contributed by atoms with Crippen molar-refractivity contribution < 1.29 is 9.53 Å². The zero-order chi connectivity index (χ0) is 19.8. The molecule has 6 heteroatoms. The van der Waals surface area contributed by atoms with Gasteiger partial charge < -0.3 is 9.64 Å². The quantitative estimate of drug-likeness (QED) is 0.676. The van der Waals surface area contributed by atoms with E-state index in [0.29, 0.717) is 25.3 Å². The molecule has 148 valence electrons. The van der Waals surface area contributed by atoms with Crippen LogP contribution < -0.4 is 0 Å². The van der Waals surface area contributed by atoms with Crippen molar-refractivity contribution in [3.8, 4) is 5.69 Å². The highest BCUT2D eigenvalue weighted by Gasteiger charge is 2.44. The first-order valence-corrected chi connectivity index (χ1v) is 10.1. The fourth-order valence-corrected chi connectivity index (χ4v) is 4.42. The fourth-order valence-electron chi connectivity index (χ4n) is 4.42. The lowest BCUT2D eigenvalue weighted by Gasteiger charge is -2.43. The molecule has 3 aromatic rings. The Bertz CT molecular complexity index is 1040. The first-order valence-electron chi connectivity index (χ1n) is 10.1. The maximum atomic E-state index is 12.9. The average molecular weight is 388 g/mol. The molecule has 1 fully saturated rings. The number of hydrogen-bond donors (Lipinski definition) is 0. The van der Waals surface area contributed by atoms with Gasteiger partial charge in [-0.3, -0.25) is 9.78 Å². The SMILES string of the molecule is Cc1cncc(C(=O)N2CCC3(CC2)OCCc2cn(-c4ccccc4)nc23)c1. The molecule has 1 aromatic carbocycles. The Morgan fingerprint density at radius 2 is 1.93 bits per heavy atom. The number of para-hydroxylation sites is 1. The minimum Gasteiger partial charge on any atom is -0.368 e. The van der Waals surface area contributed by atoms with Crippen LogP contribution in [-0.4, -0.2) is 45.3 Å². The van der Waals surface area contributed by atoms with Gasteiger partial charge in [-0.2, -0.15) is 5.10 Å². The summed E-state index contributed by atoms with van der Waals surface area (Å²) in [6.07, 6.45) is 7.94. The van der Waals surface area contributed by atoms with E-state index in [1.54, 1.807) is 12.4 Å². The highest BCUT2D eigenvalue weighted by molar-refractivity contribution is 5.94. The summed E-state index contributed by atoms with van der Waals surface area (Å²) in [6, 6.07) is 12.1. The molecule has 2 aliphatic rings. The number of amides is 1. The summed E-state index contributed by atoms with van der Waals surface area (Å²) in [6.45, 7) is 3.97. The number of aromatic nitrogens is 3. The number of piperidine rings is 1. The predicted octanol–water partition coefficient (Wildman–Crippen LogP) is 3.28. The number of aryl methyl sites for hydroxylation is 1. The summed E-state index contributed by atoms with van der Waals surface area (Å²) in [7, 11) is 0. The number of carbonyl (C=O) groups excluding carboxylic acids is 1. The number of rotatable bonds is 2. The van der Waals surface area contributed by atoms with Gasteiger partial charge in [0.15, 0.2) is 0 Å². The second-order valence-electron chi connectivity index (χ2n) is 7.92. The minimum absolute atomic E-state index is 0.0434. The number of hydrogen-bond acceptors (Lipinski definition) is 4. The van der Waals surface area contributed by atoms with Crippen molar-refractivity contribution in [3.63, 3.8) is 0 Å². The van der Waals surface area contributed by atoms with Crippen molar-refractivity contribution in [2.75, 3.05) is 19.7 Å². The van der Waals surface area contributed by atoms with E-state index in [-0.39, 0.29) is 5.91 Å². The van der Waals surface area contributed by atoms with Gasteiger partial charge in [0.1, 0.15) is 5.60 Å². The zero-order valence-corrected chi connectivity index (χ0v) is 16.5. The molecule has 2 aliphatic heterocycles. The number of benzene rings is 1. The maximum Gasteiger partial charge on any atom is 0.255 e. The van der Waals surface area contributed by atoms with E-state index < -0.39 is 5.60 Å². The number of likely N-dealkylation sites (tertiary alicyclic amines) is 1. The molecule has 5 rings (SSSR count). The fraction of sp³-hybridized carbons (Fsp3) is 0.348. The molecule has 29 heavy (non-hydrogen) atoms. The molecule has 0 N–H and O–H groups in total. The molecular formula is C23H24N4O2. The number of ether oxygens (including phenoxy) is 1. The highest BCUT2D eigenvalue weighted by atomic mass is 16.5. The summed E-state index contributed by atoms with van der Waals surface area (Å²) in [5.41, 5.74) is 4.60. The topological polar surface area (TPSA) is 60.3 Å². The summed E-state index contributed by atoms with van der Waals surface area (Å²) < 4.78 is 8.26. The van der Waals surface area contributed by atoms with Crippen molar-refractivity contribution in [1.29, 1.82) is 0 Å². The van der Waals surface area contributed by atoms with Crippen LogP contribution in [0.5, 0.6) is 0 Å². The van der Waals surface area contributed by atoms with E-state index in [1.165, 1.54) is 5.56 Å². The van der Waals surface area contributed by atoms with Crippen molar-refractivity contribution in [3.05, 3.63) is 77.4 Å². The van der Waals surface area contributed by atoms with Crippen molar-refractivity contribution in [2.45, 2.75) is 31.8 Å². The summed E-state index contributed by atoms with van der Waals surface area (Å²) in [4.78, 5) is 19.0. The minimum atomic E-state index is -0.394.